The Morgan fingerprint density at radius 3 is 1.06 bits per heavy atom. The van der Waals surface area contributed by atoms with Crippen LogP contribution in [0, 0.1) is 0 Å². The van der Waals surface area contributed by atoms with Crippen LogP contribution in [0.2, 0.25) is 0 Å². The van der Waals surface area contributed by atoms with E-state index in [0.717, 1.165) is 84.4 Å². The molecule has 0 atom stereocenters. The molecule has 0 fully saturated rings. The molecule has 0 aliphatic heterocycles. The number of fused-ring (bicyclic) bond motifs is 7. The maximum atomic E-state index is 5.51. The summed E-state index contributed by atoms with van der Waals surface area (Å²) in [5, 5.41) is 5.89. The summed E-state index contributed by atoms with van der Waals surface area (Å²) in [4.78, 5) is 16.5. The van der Waals surface area contributed by atoms with E-state index in [1.807, 2.05) is 6.08 Å². The predicted molar refractivity (Wildman–Crippen MR) is 271 cm³/mol. The fourth-order valence-corrected chi connectivity index (χ4v) is 9.83. The fraction of sp³-hybridized carbons (Fsp3) is 0.0339. The molecule has 308 valence electrons. The number of rotatable bonds is 9. The molecule has 6 nitrogen and oxygen atoms in total. The highest BCUT2D eigenvalue weighted by Crippen LogP contribution is 2.40. The van der Waals surface area contributed by atoms with Crippen LogP contribution in [0.15, 0.2) is 207 Å². The first-order chi connectivity index (χ1) is 32.2. The minimum Gasteiger partial charge on any atom is -0.309 e. The lowest BCUT2D eigenvalue weighted by Gasteiger charge is -2.18. The highest BCUT2D eigenvalue weighted by atomic mass is 15.1. The molecular formula is C59H42N6. The van der Waals surface area contributed by atoms with Crippen molar-refractivity contribution in [3.8, 4) is 51.2 Å². The lowest BCUT2D eigenvalue weighted by atomic mass is 10.1. The molecule has 0 N–H and O–H groups in total. The summed E-state index contributed by atoms with van der Waals surface area (Å²) < 4.78 is 7.02. The van der Waals surface area contributed by atoms with E-state index < -0.39 is 0 Å². The van der Waals surface area contributed by atoms with Gasteiger partial charge in [0.05, 0.1) is 50.3 Å². The van der Waals surface area contributed by atoms with E-state index in [9.17, 15) is 0 Å². The van der Waals surface area contributed by atoms with Crippen LogP contribution in [0.4, 0.5) is 0 Å². The highest BCUT2D eigenvalue weighted by Gasteiger charge is 2.24. The number of para-hydroxylation sites is 8. The van der Waals surface area contributed by atoms with Gasteiger partial charge in [0.25, 0.3) is 0 Å². The van der Waals surface area contributed by atoms with Gasteiger partial charge < -0.3 is 13.7 Å². The van der Waals surface area contributed by atoms with Crippen molar-refractivity contribution < 1.29 is 0 Å². The minimum absolute atomic E-state index is 0.568. The lowest BCUT2D eigenvalue weighted by Crippen LogP contribution is -2.07. The second kappa shape index (κ2) is 15.6. The topological polar surface area (TPSA) is 53.5 Å². The van der Waals surface area contributed by atoms with Gasteiger partial charge in [0.15, 0.2) is 17.5 Å². The van der Waals surface area contributed by atoms with E-state index in [1.54, 1.807) is 0 Å². The van der Waals surface area contributed by atoms with Gasteiger partial charge in [-0.25, -0.2) is 15.0 Å². The Hall–Kier alpha value is -8.61. The van der Waals surface area contributed by atoms with Crippen LogP contribution in [0.1, 0.15) is 24.6 Å². The number of nitrogens with zero attached hydrogens (tertiary/aromatic N) is 6. The van der Waals surface area contributed by atoms with Crippen LogP contribution in [-0.4, -0.2) is 28.7 Å². The molecule has 0 aliphatic carbocycles. The molecule has 12 rings (SSSR count). The van der Waals surface area contributed by atoms with Crippen molar-refractivity contribution in [1.29, 1.82) is 0 Å². The first-order valence-electron chi connectivity index (χ1n) is 22.2. The van der Waals surface area contributed by atoms with Gasteiger partial charge in [-0.15, -0.1) is 0 Å². The molecule has 0 aliphatic rings. The monoisotopic (exact) mass is 834 g/mol. The summed E-state index contributed by atoms with van der Waals surface area (Å²) in [5.74, 6) is 1.71. The largest absolute Gasteiger partial charge is 0.309 e. The van der Waals surface area contributed by atoms with E-state index >= 15 is 0 Å². The van der Waals surface area contributed by atoms with Crippen LogP contribution in [0.25, 0.3) is 118 Å². The number of hydrogen-bond acceptors (Lipinski definition) is 3. The smallest absolute Gasteiger partial charge is 0.166 e. The molecule has 6 heteroatoms. The fourth-order valence-electron chi connectivity index (χ4n) is 9.83. The van der Waals surface area contributed by atoms with Gasteiger partial charge >= 0.3 is 0 Å². The predicted octanol–water partition coefficient (Wildman–Crippen LogP) is 15.1. The quantitative estimate of drug-likeness (QED) is 0.146. The molecule has 0 saturated carbocycles. The SMILES string of the molecule is C=Cc1c(/C=C\CC)n(-c2ccccc2-c2nc(-c3ccccc3-n3c4ccccc4c4ccccc43)nc(-c3ccccc3-n3c4ccccc4c4ccccc43)n2)c2ccccc12. The molecule has 0 unspecified atom stereocenters. The third-order valence-corrected chi connectivity index (χ3v) is 12.6. The van der Waals surface area contributed by atoms with Crippen LogP contribution >= 0.6 is 0 Å². The van der Waals surface area contributed by atoms with Gasteiger partial charge in [0.1, 0.15) is 0 Å². The highest BCUT2D eigenvalue weighted by molar-refractivity contribution is 6.11. The Kier molecular flexibility index (Phi) is 9.16. The standard InChI is InChI=1S/C59H42N6/c1-3-5-30-48-39(4-2)40-22-6-14-31-49(40)63(48)54-36-19-11-27-45(54)57-60-58(46-28-12-20-37-55(46)64-50-32-15-7-23-41(50)42-24-8-16-33-51(42)64)62-59(61-57)47-29-13-21-38-56(47)65-52-34-17-9-25-43(52)44-26-10-18-35-53(44)65/h4-38H,2-3H2,1H3/b30-5-. The average molecular weight is 835 g/mol. The third-order valence-electron chi connectivity index (χ3n) is 12.6. The Bertz CT molecular complexity index is 3580. The molecule has 0 bridgehead atoms. The molecule has 0 radical (unpaired) electrons. The van der Waals surface area contributed by atoms with Gasteiger partial charge in [-0.2, -0.15) is 0 Å². The zero-order valence-corrected chi connectivity index (χ0v) is 35.8. The molecule has 12 aromatic rings. The second-order valence-electron chi connectivity index (χ2n) is 16.3. The summed E-state index contributed by atoms with van der Waals surface area (Å²) in [6.45, 7) is 6.44. The first kappa shape index (κ1) is 38.1. The van der Waals surface area contributed by atoms with E-state index in [4.69, 9.17) is 15.0 Å². The summed E-state index contributed by atoms with van der Waals surface area (Å²) in [5.41, 5.74) is 13.3. The number of hydrogen-bond donors (Lipinski definition) is 0. The van der Waals surface area contributed by atoms with Crippen molar-refractivity contribution >= 4 is 66.7 Å². The molecular weight excluding hydrogens is 793 g/mol. The lowest BCUT2D eigenvalue weighted by molar-refractivity contribution is 1.04. The van der Waals surface area contributed by atoms with E-state index in [1.165, 1.54) is 21.5 Å². The van der Waals surface area contributed by atoms with Gasteiger partial charge in [-0.3, -0.25) is 0 Å². The normalized spacial score (nSPS) is 11.8. The molecule has 0 amide bonds. The van der Waals surface area contributed by atoms with Crippen molar-refractivity contribution in [2.75, 3.05) is 0 Å². The van der Waals surface area contributed by atoms with Crippen LogP contribution in [-0.2, 0) is 0 Å². The Labute approximate surface area is 376 Å². The van der Waals surface area contributed by atoms with Crippen LogP contribution < -0.4 is 0 Å². The zero-order chi connectivity index (χ0) is 43.4. The maximum absolute atomic E-state index is 5.51. The van der Waals surface area contributed by atoms with Crippen molar-refractivity contribution in [2.24, 2.45) is 0 Å². The Morgan fingerprint density at radius 2 is 0.692 bits per heavy atom. The summed E-state index contributed by atoms with van der Waals surface area (Å²) in [7, 11) is 0. The van der Waals surface area contributed by atoms with E-state index in [2.05, 4.69) is 233 Å². The van der Waals surface area contributed by atoms with Crippen molar-refractivity contribution in [3.05, 3.63) is 218 Å². The molecule has 0 spiro atoms. The van der Waals surface area contributed by atoms with E-state index in [0.29, 0.717) is 17.5 Å². The summed E-state index contributed by atoms with van der Waals surface area (Å²) in [6, 6.07) is 68.4. The minimum atomic E-state index is 0.568. The summed E-state index contributed by atoms with van der Waals surface area (Å²) >= 11 is 0. The molecule has 0 saturated heterocycles. The van der Waals surface area contributed by atoms with Gasteiger partial charge in [0, 0.05) is 49.2 Å². The molecule has 65 heavy (non-hydrogen) atoms. The number of allylic oxidation sites excluding steroid dienone is 1. The van der Waals surface area contributed by atoms with Gasteiger partial charge in [0.2, 0.25) is 0 Å². The molecule has 4 aromatic heterocycles. The average Bonchev–Trinajstić information content (AvgIpc) is 4.01. The van der Waals surface area contributed by atoms with Crippen LogP contribution in [0.5, 0.6) is 0 Å². The van der Waals surface area contributed by atoms with Crippen molar-refractivity contribution in [2.45, 2.75) is 13.3 Å². The zero-order valence-electron chi connectivity index (χ0n) is 35.8. The van der Waals surface area contributed by atoms with Gasteiger partial charge in [-0.1, -0.05) is 153 Å². The molecule has 4 heterocycles. The van der Waals surface area contributed by atoms with Gasteiger partial charge in [-0.05, 0) is 79.2 Å². The first-order valence-corrected chi connectivity index (χ1v) is 22.2. The third kappa shape index (κ3) is 6.06. The van der Waals surface area contributed by atoms with Crippen LogP contribution in [0.3, 0.4) is 0 Å². The Morgan fingerprint density at radius 1 is 0.385 bits per heavy atom. The summed E-state index contributed by atoms with van der Waals surface area (Å²) in [6.07, 6.45) is 7.28. The van der Waals surface area contributed by atoms with Crippen molar-refractivity contribution in [3.63, 3.8) is 0 Å². The maximum Gasteiger partial charge on any atom is 0.166 e. The second-order valence-corrected chi connectivity index (χ2v) is 16.3. The number of benzene rings is 8. The molecule has 8 aromatic carbocycles. The Balaban J connectivity index is 1.16. The van der Waals surface area contributed by atoms with E-state index in [-0.39, 0.29) is 0 Å². The van der Waals surface area contributed by atoms with Crippen molar-refractivity contribution in [1.82, 2.24) is 28.7 Å². The number of aromatic nitrogens is 6.